The lowest BCUT2D eigenvalue weighted by Crippen LogP contribution is -2.17. The van der Waals surface area contributed by atoms with Crippen molar-refractivity contribution in [2.45, 2.75) is 19.3 Å². The fraction of sp³-hybridized carbons (Fsp3) is 0.0566. The predicted molar refractivity (Wildman–Crippen MR) is 228 cm³/mol. The van der Waals surface area contributed by atoms with Gasteiger partial charge in [0, 0.05) is 5.41 Å². The maximum Gasteiger partial charge on any atom is 0.0171 e. The smallest absolute Gasteiger partial charge is 0.0171 e. The quantitative estimate of drug-likeness (QED) is 0.129. The molecule has 0 aromatic heterocycles. The molecule has 1 aliphatic rings. The molecule has 0 atom stereocenters. The molecule has 0 N–H and O–H groups in total. The molecule has 0 heteroatoms. The van der Waals surface area contributed by atoms with Crippen LogP contribution in [-0.2, 0) is 5.41 Å². The molecule has 0 heterocycles. The fourth-order valence-electron chi connectivity index (χ4n) is 9.86. The van der Waals surface area contributed by atoms with Crippen molar-refractivity contribution >= 4 is 53.9 Å². The van der Waals surface area contributed by atoms with Crippen molar-refractivity contribution in [1.29, 1.82) is 0 Å². The van der Waals surface area contributed by atoms with Crippen LogP contribution in [0, 0.1) is 0 Å². The van der Waals surface area contributed by atoms with Gasteiger partial charge in [-0.1, -0.05) is 190 Å². The second-order valence-corrected chi connectivity index (χ2v) is 15.1. The van der Waals surface area contributed by atoms with E-state index in [2.05, 4.69) is 196 Å². The summed E-state index contributed by atoms with van der Waals surface area (Å²) in [7, 11) is 0. The summed E-state index contributed by atoms with van der Waals surface area (Å²) in [6, 6.07) is 67.7. The van der Waals surface area contributed by atoms with E-state index in [1.54, 1.807) is 0 Å². The summed E-state index contributed by atoms with van der Waals surface area (Å²) in [6.45, 7) is 4.89. The van der Waals surface area contributed by atoms with Crippen LogP contribution in [0.25, 0.3) is 98.4 Å². The van der Waals surface area contributed by atoms with Gasteiger partial charge < -0.3 is 0 Å². The van der Waals surface area contributed by atoms with Gasteiger partial charge in [0.1, 0.15) is 0 Å². The number of fused-ring (bicyclic) bond motifs is 11. The third-order valence-electron chi connectivity index (χ3n) is 12.0. The minimum atomic E-state index is -0.228. The summed E-state index contributed by atoms with van der Waals surface area (Å²) in [5.41, 5.74) is 13.0. The Morgan fingerprint density at radius 1 is 0.283 bits per heavy atom. The first-order valence-electron chi connectivity index (χ1n) is 18.7. The average Bonchev–Trinajstić information content (AvgIpc) is 3.47. The van der Waals surface area contributed by atoms with Crippen molar-refractivity contribution in [3.8, 4) is 44.5 Å². The maximum absolute atomic E-state index is 2.45. The maximum atomic E-state index is 2.45. The van der Waals surface area contributed by atoms with E-state index >= 15 is 0 Å². The number of benzene rings is 10. The molecule has 0 spiro atoms. The van der Waals surface area contributed by atoms with Gasteiger partial charge in [-0.3, -0.25) is 0 Å². The van der Waals surface area contributed by atoms with E-state index in [9.17, 15) is 0 Å². The van der Waals surface area contributed by atoms with Crippen molar-refractivity contribution in [2.75, 3.05) is 0 Å². The van der Waals surface area contributed by atoms with Crippen molar-refractivity contribution in [3.05, 3.63) is 193 Å². The first-order chi connectivity index (χ1) is 26.1. The highest BCUT2D eigenvalue weighted by Gasteiger charge is 2.40. The fourth-order valence-corrected chi connectivity index (χ4v) is 9.86. The number of hydrogen-bond acceptors (Lipinski definition) is 0. The Morgan fingerprint density at radius 2 is 0.698 bits per heavy atom. The normalized spacial score (nSPS) is 13.2. The van der Waals surface area contributed by atoms with Gasteiger partial charge in [-0.2, -0.15) is 0 Å². The third-order valence-corrected chi connectivity index (χ3v) is 12.0. The van der Waals surface area contributed by atoms with Gasteiger partial charge in [-0.05, 0) is 116 Å². The highest BCUT2D eigenvalue weighted by molar-refractivity contribution is 6.24. The van der Waals surface area contributed by atoms with Crippen molar-refractivity contribution in [1.82, 2.24) is 0 Å². The van der Waals surface area contributed by atoms with Crippen molar-refractivity contribution in [3.63, 3.8) is 0 Å². The Bertz CT molecular complexity index is 3080. The van der Waals surface area contributed by atoms with Crippen LogP contribution in [0.15, 0.2) is 182 Å². The molecule has 10 aromatic carbocycles. The lowest BCUT2D eigenvalue weighted by Gasteiger charge is -2.27. The van der Waals surface area contributed by atoms with Gasteiger partial charge >= 0.3 is 0 Å². The van der Waals surface area contributed by atoms with Crippen LogP contribution in [0.5, 0.6) is 0 Å². The molecular formula is C53H36. The number of rotatable bonds is 3. The van der Waals surface area contributed by atoms with E-state index < -0.39 is 0 Å². The van der Waals surface area contributed by atoms with Gasteiger partial charge in [-0.15, -0.1) is 0 Å². The van der Waals surface area contributed by atoms with Crippen LogP contribution in [0.3, 0.4) is 0 Å². The van der Waals surface area contributed by atoms with Gasteiger partial charge in [0.2, 0.25) is 0 Å². The van der Waals surface area contributed by atoms with Crippen molar-refractivity contribution in [2.24, 2.45) is 0 Å². The molecule has 0 amide bonds. The monoisotopic (exact) mass is 672 g/mol. The van der Waals surface area contributed by atoms with Crippen LogP contribution in [0.2, 0.25) is 0 Å². The summed E-state index contributed by atoms with van der Waals surface area (Å²) < 4.78 is 0. The topological polar surface area (TPSA) is 0 Å². The summed E-state index contributed by atoms with van der Waals surface area (Å²) in [4.78, 5) is 0. The molecular weight excluding hydrogens is 637 g/mol. The van der Waals surface area contributed by atoms with Crippen molar-refractivity contribution < 1.29 is 0 Å². The minimum Gasteiger partial charge on any atom is -0.0616 e. The predicted octanol–water partition coefficient (Wildman–Crippen LogP) is 14.8. The molecule has 10 aromatic rings. The lowest BCUT2D eigenvalue weighted by atomic mass is 9.75. The van der Waals surface area contributed by atoms with Crippen LogP contribution in [-0.4, -0.2) is 0 Å². The first-order valence-corrected chi connectivity index (χ1v) is 18.7. The largest absolute Gasteiger partial charge is 0.0616 e. The Kier molecular flexibility index (Phi) is 6.40. The van der Waals surface area contributed by atoms with E-state index in [-0.39, 0.29) is 5.41 Å². The van der Waals surface area contributed by atoms with Gasteiger partial charge in [0.15, 0.2) is 0 Å². The van der Waals surface area contributed by atoms with Gasteiger partial charge in [0.05, 0.1) is 0 Å². The molecule has 0 unspecified atom stereocenters. The third kappa shape index (κ3) is 4.24. The van der Waals surface area contributed by atoms with Crippen LogP contribution in [0.4, 0.5) is 0 Å². The molecule has 0 bridgehead atoms. The minimum absolute atomic E-state index is 0.228. The summed E-state index contributed by atoms with van der Waals surface area (Å²) in [5, 5.41) is 13.0. The Labute approximate surface area is 309 Å². The van der Waals surface area contributed by atoms with E-state index in [4.69, 9.17) is 0 Å². The molecule has 0 nitrogen and oxygen atoms in total. The molecule has 53 heavy (non-hydrogen) atoms. The zero-order valence-electron chi connectivity index (χ0n) is 29.8. The molecule has 0 fully saturated rings. The van der Waals surface area contributed by atoms with E-state index in [0.717, 1.165) is 0 Å². The zero-order valence-corrected chi connectivity index (χ0v) is 29.8. The molecule has 0 saturated carbocycles. The van der Waals surface area contributed by atoms with Gasteiger partial charge in [0.25, 0.3) is 0 Å². The molecule has 248 valence electrons. The first kappa shape index (κ1) is 30.2. The summed E-state index contributed by atoms with van der Waals surface area (Å²) in [5.74, 6) is 0. The summed E-state index contributed by atoms with van der Waals surface area (Å²) >= 11 is 0. The van der Waals surface area contributed by atoms with Crippen LogP contribution >= 0.6 is 0 Å². The second-order valence-electron chi connectivity index (χ2n) is 15.1. The number of hydrogen-bond donors (Lipinski definition) is 0. The average molecular weight is 673 g/mol. The standard InChI is InChI=1S/C53H36/c1-53(2)51-46(28-15-29-47(51)50-40-22-9-6-19-37(40)38-20-7-14-27-45(38)52(50)53)49-43-25-12-10-23-41(43)48(42-24-11-13-26-44(42)49)39-21-8-5-18-36(39)35-31-30-33-16-3-4-17-34(33)32-35/h3-32H,1-2H3. The van der Waals surface area contributed by atoms with E-state index in [0.29, 0.717) is 0 Å². The zero-order chi connectivity index (χ0) is 35.3. The Balaban J connectivity index is 1.23. The highest BCUT2D eigenvalue weighted by Crippen LogP contribution is 2.58. The van der Waals surface area contributed by atoms with Gasteiger partial charge in [-0.25, -0.2) is 0 Å². The van der Waals surface area contributed by atoms with E-state index in [1.807, 2.05) is 0 Å². The second kappa shape index (κ2) is 11.2. The lowest BCUT2D eigenvalue weighted by molar-refractivity contribution is 0.668. The molecule has 0 saturated heterocycles. The van der Waals surface area contributed by atoms with E-state index in [1.165, 1.54) is 109 Å². The Hall–Kier alpha value is -6.50. The molecule has 0 aliphatic heterocycles. The molecule has 11 rings (SSSR count). The summed E-state index contributed by atoms with van der Waals surface area (Å²) in [6.07, 6.45) is 0. The SMILES string of the molecule is CC1(C)c2c(-c3c4ccccc4c(-c4ccccc4-c4ccc5ccccc5c4)c4ccccc34)cccc2-c2c1c1ccccc1c1ccccc21. The molecule has 1 aliphatic carbocycles. The Morgan fingerprint density at radius 3 is 1.32 bits per heavy atom. The van der Waals surface area contributed by atoms with Crippen LogP contribution in [0.1, 0.15) is 25.0 Å². The molecule has 0 radical (unpaired) electrons. The highest BCUT2D eigenvalue weighted by atomic mass is 14.4. The van der Waals surface area contributed by atoms with Crippen LogP contribution < -0.4 is 0 Å².